The molecule has 5 heteroatoms. The molecule has 124 valence electrons. The summed E-state index contributed by atoms with van der Waals surface area (Å²) in [6.07, 6.45) is 0. The van der Waals surface area contributed by atoms with Gasteiger partial charge in [0, 0.05) is 15.6 Å². The number of phenols is 2. The Balaban J connectivity index is 1.88. The summed E-state index contributed by atoms with van der Waals surface area (Å²) >= 11 is 1.40. The average Bonchev–Trinajstić information content (AvgIpc) is 2.94. The quantitative estimate of drug-likeness (QED) is 0.482. The summed E-state index contributed by atoms with van der Waals surface area (Å²) in [5.74, 6) is 0.613. The van der Waals surface area contributed by atoms with Gasteiger partial charge in [0.15, 0.2) is 5.06 Å². The van der Waals surface area contributed by atoms with Crippen LogP contribution in [0.2, 0.25) is 0 Å². The van der Waals surface area contributed by atoms with Gasteiger partial charge in [-0.25, -0.2) is 4.39 Å². The van der Waals surface area contributed by atoms with Gasteiger partial charge in [0.2, 0.25) is 0 Å². The van der Waals surface area contributed by atoms with Crippen molar-refractivity contribution >= 4 is 21.4 Å². The maximum absolute atomic E-state index is 13.3. The molecule has 2 N–H and O–H groups in total. The molecular formula is C20H13FO3S. The third kappa shape index (κ3) is 3.02. The molecule has 0 saturated heterocycles. The first-order valence-corrected chi connectivity index (χ1v) is 8.40. The largest absolute Gasteiger partial charge is 0.508 e. The zero-order valence-electron chi connectivity index (χ0n) is 12.9. The smallest absolute Gasteiger partial charge is 0.189 e. The van der Waals surface area contributed by atoms with E-state index in [9.17, 15) is 14.6 Å². The number of hydrogen-bond acceptors (Lipinski definition) is 4. The van der Waals surface area contributed by atoms with E-state index in [0.717, 1.165) is 21.2 Å². The summed E-state index contributed by atoms with van der Waals surface area (Å²) in [4.78, 5) is 0. The fourth-order valence-electron chi connectivity index (χ4n) is 2.65. The minimum absolute atomic E-state index is 0.160. The molecule has 0 saturated carbocycles. The number of benzene rings is 3. The Morgan fingerprint density at radius 1 is 0.800 bits per heavy atom. The second-order valence-electron chi connectivity index (χ2n) is 5.55. The standard InChI is InChI=1S/C20H13FO3S/c21-13-3-1-12(2-4-13)19-17-10-7-15(23)11-18(17)25-20(19)24-16-8-5-14(22)6-9-16/h1-11,22-23H/i21-1. The summed E-state index contributed by atoms with van der Waals surface area (Å²) in [5, 5.41) is 20.7. The monoisotopic (exact) mass is 351 g/mol. The first kappa shape index (κ1) is 15.5. The van der Waals surface area contributed by atoms with Crippen molar-refractivity contribution in [1.82, 2.24) is 0 Å². The van der Waals surface area contributed by atoms with E-state index in [2.05, 4.69) is 0 Å². The molecule has 0 atom stereocenters. The van der Waals surface area contributed by atoms with Gasteiger partial charge < -0.3 is 14.9 Å². The Hall–Kier alpha value is -3.05. The Kier molecular flexibility index (Phi) is 3.78. The Labute approximate surface area is 147 Å². The van der Waals surface area contributed by atoms with Crippen molar-refractivity contribution in [2.24, 2.45) is 0 Å². The first-order valence-electron chi connectivity index (χ1n) is 7.58. The number of thiophene rings is 1. The van der Waals surface area contributed by atoms with Crippen LogP contribution in [-0.2, 0) is 0 Å². The number of hydrogen-bond donors (Lipinski definition) is 2. The van der Waals surface area contributed by atoms with Crippen LogP contribution in [0, 0.1) is 5.82 Å². The molecule has 3 nitrogen and oxygen atoms in total. The van der Waals surface area contributed by atoms with Crippen LogP contribution >= 0.6 is 11.3 Å². The lowest BCUT2D eigenvalue weighted by Gasteiger charge is -2.07. The lowest BCUT2D eigenvalue weighted by atomic mass is 10.0. The Bertz CT molecular complexity index is 1040. The van der Waals surface area contributed by atoms with Gasteiger partial charge in [-0.1, -0.05) is 23.5 Å². The molecule has 1 heterocycles. The summed E-state index contributed by atoms with van der Waals surface area (Å²) in [7, 11) is 0. The molecule has 4 aromatic rings. The lowest BCUT2D eigenvalue weighted by Crippen LogP contribution is -1.85. The van der Waals surface area contributed by atoms with Crippen LogP contribution in [-0.4, -0.2) is 10.2 Å². The molecule has 1 aromatic heterocycles. The Morgan fingerprint density at radius 2 is 1.48 bits per heavy atom. The molecule has 3 aromatic carbocycles. The van der Waals surface area contributed by atoms with E-state index in [0.29, 0.717) is 10.8 Å². The minimum atomic E-state index is -0.304. The summed E-state index contributed by atoms with van der Waals surface area (Å²) in [6.45, 7) is 0. The second-order valence-corrected chi connectivity index (χ2v) is 6.56. The number of fused-ring (bicyclic) bond motifs is 1. The minimum Gasteiger partial charge on any atom is -0.508 e. The fourth-order valence-corrected chi connectivity index (χ4v) is 3.77. The third-order valence-electron chi connectivity index (χ3n) is 3.82. The van der Waals surface area contributed by atoms with Crippen molar-refractivity contribution in [3.05, 3.63) is 72.5 Å². The van der Waals surface area contributed by atoms with E-state index in [1.807, 2.05) is 6.07 Å². The number of aromatic hydroxyl groups is 2. The molecule has 0 aliphatic heterocycles. The first-order chi connectivity index (χ1) is 12.1. The highest BCUT2D eigenvalue weighted by Gasteiger charge is 2.17. The number of phenolic OH excluding ortho intramolecular Hbond substituents is 2. The van der Waals surface area contributed by atoms with Crippen LogP contribution in [0.1, 0.15) is 0 Å². The number of rotatable bonds is 3. The van der Waals surface area contributed by atoms with Crippen molar-refractivity contribution in [3.63, 3.8) is 0 Å². The zero-order chi connectivity index (χ0) is 17.4. The second kappa shape index (κ2) is 6.11. The van der Waals surface area contributed by atoms with Crippen molar-refractivity contribution < 1.29 is 19.3 Å². The third-order valence-corrected chi connectivity index (χ3v) is 4.85. The molecule has 4 rings (SSSR count). The van der Waals surface area contributed by atoms with Crippen LogP contribution in [0.3, 0.4) is 0 Å². The topological polar surface area (TPSA) is 49.7 Å². The Morgan fingerprint density at radius 3 is 2.20 bits per heavy atom. The van der Waals surface area contributed by atoms with E-state index >= 15 is 0 Å². The molecule has 25 heavy (non-hydrogen) atoms. The van der Waals surface area contributed by atoms with Crippen LogP contribution in [0.15, 0.2) is 66.7 Å². The van der Waals surface area contributed by atoms with Gasteiger partial charge in [0.1, 0.15) is 23.1 Å². The fraction of sp³-hybridized carbons (Fsp3) is 0. The number of ether oxygens (including phenoxy) is 1. The van der Waals surface area contributed by atoms with Gasteiger partial charge in [-0.15, -0.1) is 0 Å². The molecule has 0 bridgehead atoms. The van der Waals surface area contributed by atoms with Crippen LogP contribution in [0.4, 0.5) is 4.39 Å². The van der Waals surface area contributed by atoms with E-state index in [1.54, 1.807) is 48.5 Å². The molecular weight excluding hydrogens is 338 g/mol. The number of halogens is 1. The van der Waals surface area contributed by atoms with Crippen LogP contribution in [0.5, 0.6) is 22.3 Å². The van der Waals surface area contributed by atoms with Crippen molar-refractivity contribution in [2.75, 3.05) is 0 Å². The van der Waals surface area contributed by atoms with Gasteiger partial charge in [-0.2, -0.15) is 0 Å². The predicted octanol–water partition coefficient (Wildman–Crippen LogP) is 5.91. The highest BCUT2D eigenvalue weighted by molar-refractivity contribution is 7.21. The van der Waals surface area contributed by atoms with E-state index in [4.69, 9.17) is 4.74 Å². The van der Waals surface area contributed by atoms with Gasteiger partial charge in [0.25, 0.3) is 0 Å². The normalized spacial score (nSPS) is 10.9. The SMILES string of the molecule is Oc1ccc(Oc2sc3cc(O)ccc3c2-c2ccc([18F])cc2)cc1. The summed E-state index contributed by atoms with van der Waals surface area (Å²) < 4.78 is 20.2. The molecule has 0 fully saturated rings. The summed E-state index contributed by atoms with van der Waals surface area (Å²) in [5.41, 5.74) is 1.67. The average molecular weight is 351 g/mol. The van der Waals surface area contributed by atoms with E-state index in [1.165, 1.54) is 23.5 Å². The van der Waals surface area contributed by atoms with Gasteiger partial charge in [-0.05, 0) is 60.2 Å². The lowest BCUT2D eigenvalue weighted by molar-refractivity contribution is 0.468. The van der Waals surface area contributed by atoms with Crippen LogP contribution < -0.4 is 4.74 Å². The highest BCUT2D eigenvalue weighted by Crippen LogP contribution is 2.47. The maximum Gasteiger partial charge on any atom is 0.189 e. The highest BCUT2D eigenvalue weighted by atomic mass is 32.1. The zero-order valence-corrected chi connectivity index (χ0v) is 13.8. The molecule has 0 unspecified atom stereocenters. The van der Waals surface area contributed by atoms with E-state index < -0.39 is 0 Å². The van der Waals surface area contributed by atoms with Crippen LogP contribution in [0.25, 0.3) is 21.2 Å². The van der Waals surface area contributed by atoms with Gasteiger partial charge in [-0.3, -0.25) is 0 Å². The van der Waals surface area contributed by atoms with Gasteiger partial charge in [0.05, 0.1) is 0 Å². The maximum atomic E-state index is 13.3. The van der Waals surface area contributed by atoms with Crippen molar-refractivity contribution in [3.8, 4) is 33.4 Å². The molecule has 0 aliphatic rings. The predicted molar refractivity (Wildman–Crippen MR) is 97.1 cm³/mol. The molecule has 0 aliphatic carbocycles. The van der Waals surface area contributed by atoms with Crippen molar-refractivity contribution in [1.29, 1.82) is 0 Å². The molecule has 0 amide bonds. The van der Waals surface area contributed by atoms with Crippen molar-refractivity contribution in [2.45, 2.75) is 0 Å². The molecule has 0 spiro atoms. The summed E-state index contributed by atoms with van der Waals surface area (Å²) in [6, 6.07) is 17.8. The van der Waals surface area contributed by atoms with Gasteiger partial charge >= 0.3 is 0 Å². The van der Waals surface area contributed by atoms with E-state index in [-0.39, 0.29) is 17.3 Å². The molecule has 0 radical (unpaired) electrons.